The van der Waals surface area contributed by atoms with E-state index in [4.69, 9.17) is 0 Å². The maximum atomic E-state index is 12.5. The fourth-order valence-electron chi connectivity index (χ4n) is 2.54. The van der Waals surface area contributed by atoms with E-state index in [1.807, 2.05) is 6.92 Å². The van der Waals surface area contributed by atoms with E-state index in [-0.39, 0.29) is 6.04 Å². The van der Waals surface area contributed by atoms with Crippen molar-refractivity contribution in [3.05, 3.63) is 0 Å². The smallest absolute Gasteiger partial charge is 0.282 e. The van der Waals surface area contributed by atoms with E-state index < -0.39 is 10.2 Å². The molecule has 6 heteroatoms. The van der Waals surface area contributed by atoms with E-state index in [1.165, 1.54) is 0 Å². The van der Waals surface area contributed by atoms with Gasteiger partial charge in [0.05, 0.1) is 0 Å². The topological polar surface area (TPSA) is 52.7 Å². The highest BCUT2D eigenvalue weighted by molar-refractivity contribution is 7.86. The van der Waals surface area contributed by atoms with Gasteiger partial charge in [0.1, 0.15) is 0 Å². The minimum Gasteiger partial charge on any atom is -0.312 e. The van der Waals surface area contributed by atoms with Crippen LogP contribution in [0.3, 0.4) is 0 Å². The standard InChI is InChI=1S/C11H23N3O2S/c1-11-10-14(9-6-12-11)17(15,16)13-7-4-2-3-5-8-13/h11-12H,2-10H2,1H3/t11-/m1/s1. The van der Waals surface area contributed by atoms with Crippen LogP contribution in [0.5, 0.6) is 0 Å². The van der Waals surface area contributed by atoms with E-state index in [0.717, 1.165) is 32.2 Å². The Balaban J connectivity index is 2.05. The van der Waals surface area contributed by atoms with Crippen molar-refractivity contribution < 1.29 is 8.42 Å². The largest absolute Gasteiger partial charge is 0.312 e. The third kappa shape index (κ3) is 3.19. The average molecular weight is 261 g/mol. The number of hydrogen-bond donors (Lipinski definition) is 1. The second kappa shape index (κ2) is 5.65. The Morgan fingerprint density at radius 2 is 1.65 bits per heavy atom. The van der Waals surface area contributed by atoms with Gasteiger partial charge in [0.15, 0.2) is 0 Å². The lowest BCUT2D eigenvalue weighted by atomic mass is 10.2. The Kier molecular flexibility index (Phi) is 4.41. The van der Waals surface area contributed by atoms with Crippen LogP contribution >= 0.6 is 0 Å². The van der Waals surface area contributed by atoms with E-state index in [0.29, 0.717) is 26.2 Å². The summed E-state index contributed by atoms with van der Waals surface area (Å²) >= 11 is 0. The Morgan fingerprint density at radius 1 is 1.00 bits per heavy atom. The summed E-state index contributed by atoms with van der Waals surface area (Å²) in [5, 5.41) is 3.27. The molecule has 0 bridgehead atoms. The zero-order valence-electron chi connectivity index (χ0n) is 10.6. The quantitative estimate of drug-likeness (QED) is 0.783. The molecule has 0 amide bonds. The molecule has 2 saturated heterocycles. The molecule has 100 valence electrons. The molecular weight excluding hydrogens is 238 g/mol. The molecule has 0 aromatic heterocycles. The van der Waals surface area contributed by atoms with Crippen molar-refractivity contribution >= 4 is 10.2 Å². The number of nitrogens with one attached hydrogen (secondary N) is 1. The first kappa shape index (κ1) is 13.3. The number of hydrogen-bond acceptors (Lipinski definition) is 3. The van der Waals surface area contributed by atoms with Crippen LogP contribution in [-0.2, 0) is 10.2 Å². The molecule has 0 unspecified atom stereocenters. The van der Waals surface area contributed by atoms with E-state index in [1.54, 1.807) is 8.61 Å². The molecule has 0 spiro atoms. The van der Waals surface area contributed by atoms with Crippen LogP contribution in [-0.4, -0.2) is 55.8 Å². The second-order valence-electron chi connectivity index (χ2n) is 5.03. The first-order chi connectivity index (χ1) is 8.10. The summed E-state index contributed by atoms with van der Waals surface area (Å²) in [6.07, 6.45) is 4.32. The Labute approximate surface area is 104 Å². The minimum absolute atomic E-state index is 0.255. The van der Waals surface area contributed by atoms with Gasteiger partial charge >= 0.3 is 0 Å². The molecule has 0 aromatic rings. The van der Waals surface area contributed by atoms with Crippen LogP contribution in [0.2, 0.25) is 0 Å². The SMILES string of the molecule is C[C@@H]1CN(S(=O)(=O)N2CCCCCC2)CCN1. The second-order valence-corrected chi connectivity index (χ2v) is 6.96. The molecule has 0 saturated carbocycles. The highest BCUT2D eigenvalue weighted by atomic mass is 32.2. The summed E-state index contributed by atoms with van der Waals surface area (Å²) in [7, 11) is -3.21. The van der Waals surface area contributed by atoms with Crippen LogP contribution in [0.4, 0.5) is 0 Å². The van der Waals surface area contributed by atoms with Crippen LogP contribution in [0, 0.1) is 0 Å². The van der Waals surface area contributed by atoms with Gasteiger partial charge in [-0.3, -0.25) is 0 Å². The lowest BCUT2D eigenvalue weighted by Gasteiger charge is -2.34. The van der Waals surface area contributed by atoms with Crippen molar-refractivity contribution in [1.29, 1.82) is 0 Å². The summed E-state index contributed by atoms with van der Waals surface area (Å²) in [4.78, 5) is 0. The van der Waals surface area contributed by atoms with Crippen molar-refractivity contribution in [2.45, 2.75) is 38.6 Å². The summed E-state index contributed by atoms with van der Waals surface area (Å²) in [5.41, 5.74) is 0. The van der Waals surface area contributed by atoms with Crippen LogP contribution in [0.1, 0.15) is 32.6 Å². The molecule has 1 atom stereocenters. The molecule has 0 aromatic carbocycles. The first-order valence-corrected chi connectivity index (χ1v) is 7.99. The third-order valence-corrected chi connectivity index (χ3v) is 5.55. The van der Waals surface area contributed by atoms with Gasteiger partial charge in [-0.1, -0.05) is 12.8 Å². The molecule has 0 aliphatic carbocycles. The lowest BCUT2D eigenvalue weighted by Crippen LogP contribution is -2.55. The fourth-order valence-corrected chi connectivity index (χ4v) is 4.32. The van der Waals surface area contributed by atoms with Crippen molar-refractivity contribution in [2.24, 2.45) is 0 Å². The molecule has 2 rings (SSSR count). The monoisotopic (exact) mass is 261 g/mol. The highest BCUT2D eigenvalue weighted by Gasteiger charge is 2.32. The minimum atomic E-state index is -3.21. The van der Waals surface area contributed by atoms with Crippen molar-refractivity contribution in [3.63, 3.8) is 0 Å². The van der Waals surface area contributed by atoms with Crippen molar-refractivity contribution in [2.75, 3.05) is 32.7 Å². The maximum absolute atomic E-state index is 12.5. The molecule has 2 fully saturated rings. The molecule has 2 aliphatic rings. The fraction of sp³-hybridized carbons (Fsp3) is 1.00. The van der Waals surface area contributed by atoms with Gasteiger partial charge in [0, 0.05) is 38.8 Å². The summed E-state index contributed by atoms with van der Waals surface area (Å²) in [5.74, 6) is 0. The number of nitrogens with zero attached hydrogens (tertiary/aromatic N) is 2. The van der Waals surface area contributed by atoms with Gasteiger partial charge in [0.2, 0.25) is 0 Å². The Bertz CT molecular complexity index is 329. The lowest BCUT2D eigenvalue weighted by molar-refractivity contribution is 0.281. The van der Waals surface area contributed by atoms with Gasteiger partial charge in [-0.2, -0.15) is 17.0 Å². The van der Waals surface area contributed by atoms with Crippen LogP contribution < -0.4 is 5.32 Å². The van der Waals surface area contributed by atoms with Gasteiger partial charge in [0.25, 0.3) is 10.2 Å². The molecule has 0 radical (unpaired) electrons. The third-order valence-electron chi connectivity index (χ3n) is 3.55. The van der Waals surface area contributed by atoms with Gasteiger partial charge < -0.3 is 5.32 Å². The summed E-state index contributed by atoms with van der Waals surface area (Å²) in [6.45, 7) is 5.38. The van der Waals surface area contributed by atoms with E-state index in [2.05, 4.69) is 5.32 Å². The molecule has 2 aliphatic heterocycles. The van der Waals surface area contributed by atoms with Crippen molar-refractivity contribution in [3.8, 4) is 0 Å². The Hall–Kier alpha value is -0.170. The zero-order valence-corrected chi connectivity index (χ0v) is 11.4. The molecule has 2 heterocycles. The normalized spacial score (nSPS) is 30.1. The van der Waals surface area contributed by atoms with Crippen LogP contribution in [0.25, 0.3) is 0 Å². The van der Waals surface area contributed by atoms with E-state index >= 15 is 0 Å². The molecule has 1 N–H and O–H groups in total. The van der Waals surface area contributed by atoms with Gasteiger partial charge in [-0.15, -0.1) is 0 Å². The summed E-state index contributed by atoms with van der Waals surface area (Å²) in [6, 6.07) is 0.255. The molecule has 17 heavy (non-hydrogen) atoms. The highest BCUT2D eigenvalue weighted by Crippen LogP contribution is 2.17. The van der Waals surface area contributed by atoms with Crippen LogP contribution in [0.15, 0.2) is 0 Å². The number of rotatable bonds is 2. The Morgan fingerprint density at radius 3 is 2.24 bits per heavy atom. The average Bonchev–Trinajstić information content (AvgIpc) is 2.58. The number of piperazine rings is 1. The maximum Gasteiger partial charge on any atom is 0.282 e. The molecule has 5 nitrogen and oxygen atoms in total. The van der Waals surface area contributed by atoms with Gasteiger partial charge in [-0.25, -0.2) is 0 Å². The predicted molar refractivity (Wildman–Crippen MR) is 68.0 cm³/mol. The molecular formula is C11H23N3O2S. The van der Waals surface area contributed by atoms with Gasteiger partial charge in [-0.05, 0) is 19.8 Å². The summed E-state index contributed by atoms with van der Waals surface area (Å²) < 4.78 is 28.2. The van der Waals surface area contributed by atoms with Crippen molar-refractivity contribution in [1.82, 2.24) is 13.9 Å². The first-order valence-electron chi connectivity index (χ1n) is 6.59. The van der Waals surface area contributed by atoms with E-state index in [9.17, 15) is 8.42 Å². The predicted octanol–water partition coefficient (Wildman–Crippen LogP) is 0.401. The zero-order chi connectivity index (χ0) is 12.3.